The Hall–Kier alpha value is -7.63. The Labute approximate surface area is 397 Å². The number of amides is 8. The molecule has 2 rings (SSSR count). The fraction of sp³-hybridized carbons (Fsp3) is 0.489. The van der Waals surface area contributed by atoms with Gasteiger partial charge >= 0.3 is 17.9 Å². The van der Waals surface area contributed by atoms with Crippen LogP contribution in [0.4, 0.5) is 0 Å². The van der Waals surface area contributed by atoms with Crippen molar-refractivity contribution in [1.82, 2.24) is 42.5 Å². The topological polar surface area (TPSA) is 391 Å². The Balaban J connectivity index is 2.48. The van der Waals surface area contributed by atoms with Crippen LogP contribution in [0.25, 0.3) is 0 Å². The van der Waals surface area contributed by atoms with Crippen LogP contribution in [-0.4, -0.2) is 140 Å². The summed E-state index contributed by atoms with van der Waals surface area (Å²) in [5, 5.41) is 57.0. The lowest BCUT2D eigenvalue weighted by atomic mass is 9.98. The van der Waals surface area contributed by atoms with Crippen molar-refractivity contribution in [1.29, 1.82) is 0 Å². The fourth-order valence-electron chi connectivity index (χ4n) is 6.38. The highest BCUT2D eigenvalue weighted by Crippen LogP contribution is 2.14. The highest BCUT2D eigenvalue weighted by molar-refractivity contribution is 5.98. The number of hydrogen-bond acceptors (Lipinski definition) is 13. The van der Waals surface area contributed by atoms with Gasteiger partial charge in [-0.15, -0.1) is 0 Å². The van der Waals surface area contributed by atoms with Crippen LogP contribution in [0.2, 0.25) is 0 Å². The van der Waals surface area contributed by atoms with Crippen LogP contribution in [0.3, 0.4) is 0 Å². The van der Waals surface area contributed by atoms with Crippen molar-refractivity contribution in [3.05, 3.63) is 65.7 Å². The van der Waals surface area contributed by atoms with E-state index in [1.807, 2.05) is 0 Å². The van der Waals surface area contributed by atoms with Gasteiger partial charge in [0, 0.05) is 19.3 Å². The molecule has 0 aliphatic rings. The summed E-state index contributed by atoms with van der Waals surface area (Å²) in [5.74, 6) is -13.1. The number of nitrogens with one attached hydrogen (secondary N) is 8. The van der Waals surface area contributed by atoms with Gasteiger partial charge in [0.1, 0.15) is 48.0 Å². The van der Waals surface area contributed by atoms with Crippen molar-refractivity contribution in [3.8, 4) is 5.75 Å². The van der Waals surface area contributed by atoms with E-state index in [1.165, 1.54) is 52.0 Å². The zero-order chi connectivity index (χ0) is 52.1. The molecule has 24 nitrogen and oxygen atoms in total. The van der Waals surface area contributed by atoms with Gasteiger partial charge in [0.2, 0.25) is 47.3 Å². The molecular weight excluding hydrogens is 907 g/mol. The molecule has 0 heterocycles. The smallest absolute Gasteiger partial charge is 0.325 e. The standard InChI is InChI=1S/C45H63N9O15/c1-22(2)36(53-40(63)29(16-17-34(57)58)49-38(61)24(5)46)43(66)51-30(18-26-10-8-7-9-11-26)41(64)50-31(19-27-12-14-28(55)15-13-27)42(65)54-37(23(3)4)44(67)52-32(20-35(59)60)39(62)47-21-33(56)48-25(6)45(68)69/h7-15,22-25,29-32,36-37,55H,16-21,46H2,1-6H3,(H,47,62)(H,48,56)(H,49,61)(H,50,64)(H,51,66)(H,52,67)(H,53,63)(H,54,65)(H,57,58)(H,59,60)(H,68,69)/t24-,25-,29-,30-,31-,32-,36-,37-/m0/s1. The molecule has 0 unspecified atom stereocenters. The fourth-order valence-corrected chi connectivity index (χ4v) is 6.38. The van der Waals surface area contributed by atoms with Crippen molar-refractivity contribution >= 4 is 65.2 Å². The molecule has 0 spiro atoms. The second-order valence-corrected chi connectivity index (χ2v) is 16.9. The van der Waals surface area contributed by atoms with Crippen LogP contribution in [-0.2, 0) is 65.6 Å². The van der Waals surface area contributed by atoms with Gasteiger partial charge in [-0.1, -0.05) is 70.2 Å². The maximum absolute atomic E-state index is 14.4. The molecule has 14 N–H and O–H groups in total. The Kier molecular flexibility index (Phi) is 23.2. The normalized spacial score (nSPS) is 14.4. The summed E-state index contributed by atoms with van der Waals surface area (Å²) in [5.41, 5.74) is 6.62. The number of carboxylic acid groups (broad SMARTS) is 3. The molecule has 2 aromatic carbocycles. The number of benzene rings is 2. The first kappa shape index (κ1) is 57.5. The molecule has 0 aliphatic carbocycles. The molecule has 0 aromatic heterocycles. The number of phenols is 1. The molecule has 0 radical (unpaired) electrons. The first-order chi connectivity index (χ1) is 32.3. The lowest BCUT2D eigenvalue weighted by molar-refractivity contribution is -0.142. The number of carboxylic acids is 3. The van der Waals surface area contributed by atoms with Crippen LogP contribution in [0.5, 0.6) is 5.75 Å². The summed E-state index contributed by atoms with van der Waals surface area (Å²) in [6.45, 7) is 7.97. The first-order valence-corrected chi connectivity index (χ1v) is 21.9. The van der Waals surface area contributed by atoms with Gasteiger partial charge in [-0.2, -0.15) is 0 Å². The molecule has 8 atom stereocenters. The zero-order valence-corrected chi connectivity index (χ0v) is 39.1. The van der Waals surface area contributed by atoms with Crippen LogP contribution in [0.1, 0.15) is 71.9 Å². The molecule has 69 heavy (non-hydrogen) atoms. The van der Waals surface area contributed by atoms with Gasteiger partial charge in [-0.3, -0.25) is 52.7 Å². The minimum atomic E-state index is -1.78. The largest absolute Gasteiger partial charge is 0.508 e. The van der Waals surface area contributed by atoms with E-state index in [1.54, 1.807) is 44.2 Å². The first-order valence-electron chi connectivity index (χ1n) is 21.9. The molecular formula is C45H63N9O15. The predicted molar refractivity (Wildman–Crippen MR) is 244 cm³/mol. The monoisotopic (exact) mass is 969 g/mol. The van der Waals surface area contributed by atoms with Gasteiger partial charge < -0.3 is 68.7 Å². The van der Waals surface area contributed by atoms with Crippen LogP contribution < -0.4 is 48.3 Å². The maximum Gasteiger partial charge on any atom is 0.325 e. The van der Waals surface area contributed by atoms with Gasteiger partial charge in [0.05, 0.1) is 19.0 Å². The van der Waals surface area contributed by atoms with Crippen molar-refractivity contribution < 1.29 is 73.2 Å². The van der Waals surface area contributed by atoms with Crippen LogP contribution >= 0.6 is 0 Å². The number of aliphatic carboxylic acids is 3. The molecule has 0 saturated carbocycles. The number of phenolic OH excluding ortho intramolecular Hbond substituents is 1. The second-order valence-electron chi connectivity index (χ2n) is 16.9. The minimum Gasteiger partial charge on any atom is -0.508 e. The van der Waals surface area contributed by atoms with Gasteiger partial charge in [-0.25, -0.2) is 0 Å². The Morgan fingerprint density at radius 2 is 0.957 bits per heavy atom. The van der Waals surface area contributed by atoms with Crippen molar-refractivity contribution in [2.45, 2.75) is 122 Å². The molecule has 8 amide bonds. The number of nitrogens with two attached hydrogens (primary N) is 1. The van der Waals surface area contributed by atoms with E-state index >= 15 is 0 Å². The highest BCUT2D eigenvalue weighted by Gasteiger charge is 2.36. The van der Waals surface area contributed by atoms with E-state index < -0.39 is 145 Å². The lowest BCUT2D eigenvalue weighted by Crippen LogP contribution is -2.61. The van der Waals surface area contributed by atoms with E-state index in [9.17, 15) is 68.1 Å². The number of hydrogen-bond donors (Lipinski definition) is 13. The van der Waals surface area contributed by atoms with Gasteiger partial charge in [-0.05, 0) is 55.4 Å². The number of rotatable bonds is 28. The average molecular weight is 970 g/mol. The Morgan fingerprint density at radius 3 is 1.42 bits per heavy atom. The molecule has 0 saturated heterocycles. The second kappa shape index (κ2) is 27.9. The molecule has 0 fully saturated rings. The number of carbonyl (C=O) groups excluding carboxylic acids is 8. The van der Waals surface area contributed by atoms with E-state index in [-0.39, 0.29) is 25.0 Å². The summed E-state index contributed by atoms with van der Waals surface area (Å²) in [7, 11) is 0. The van der Waals surface area contributed by atoms with Gasteiger partial charge in [0.25, 0.3) is 0 Å². The maximum atomic E-state index is 14.4. The Morgan fingerprint density at radius 1 is 0.507 bits per heavy atom. The third-order valence-electron chi connectivity index (χ3n) is 10.3. The van der Waals surface area contributed by atoms with Crippen molar-refractivity contribution in [3.63, 3.8) is 0 Å². The molecule has 378 valence electrons. The minimum absolute atomic E-state index is 0.113. The lowest BCUT2D eigenvalue weighted by Gasteiger charge is -2.29. The number of aromatic hydroxyl groups is 1. The number of carbonyl (C=O) groups is 11. The van der Waals surface area contributed by atoms with Crippen molar-refractivity contribution in [2.24, 2.45) is 17.6 Å². The summed E-state index contributed by atoms with van der Waals surface area (Å²) < 4.78 is 0. The Bertz CT molecular complexity index is 2150. The summed E-state index contributed by atoms with van der Waals surface area (Å²) in [6.07, 6.45) is -2.23. The summed E-state index contributed by atoms with van der Waals surface area (Å²) in [4.78, 5) is 142. The highest BCUT2D eigenvalue weighted by atomic mass is 16.4. The third kappa shape index (κ3) is 20.4. The third-order valence-corrected chi connectivity index (χ3v) is 10.3. The van der Waals surface area contributed by atoms with E-state index in [0.29, 0.717) is 11.1 Å². The average Bonchev–Trinajstić information content (AvgIpc) is 3.27. The molecule has 2 aromatic rings. The van der Waals surface area contributed by atoms with Crippen LogP contribution in [0, 0.1) is 11.8 Å². The van der Waals surface area contributed by atoms with Crippen LogP contribution in [0.15, 0.2) is 54.6 Å². The summed E-state index contributed by atoms with van der Waals surface area (Å²) in [6, 6.07) is 2.66. The van der Waals surface area contributed by atoms with Crippen molar-refractivity contribution in [2.75, 3.05) is 6.54 Å². The van der Waals surface area contributed by atoms with E-state index in [4.69, 9.17) is 10.8 Å². The van der Waals surface area contributed by atoms with Gasteiger partial charge in [0.15, 0.2) is 0 Å². The van der Waals surface area contributed by atoms with E-state index in [0.717, 1.165) is 0 Å². The molecule has 0 bridgehead atoms. The predicted octanol–water partition coefficient (Wildman–Crippen LogP) is -2.21. The molecule has 0 aliphatic heterocycles. The van der Waals surface area contributed by atoms with E-state index in [2.05, 4.69) is 42.5 Å². The quantitative estimate of drug-likeness (QED) is 0.0430. The molecule has 24 heteroatoms. The SMILES string of the molecule is CC(C)[C@H](NC(=O)[C@H](Cc1ccc(O)cc1)NC(=O)[C@H](Cc1ccccc1)NC(=O)[C@@H](NC(=O)[C@H](CCC(=O)O)NC(=O)[C@H](C)N)C(C)C)C(=O)N[C@@H](CC(=O)O)C(=O)NCC(=O)N[C@@H](C)C(=O)O. The summed E-state index contributed by atoms with van der Waals surface area (Å²) >= 11 is 0. The zero-order valence-electron chi connectivity index (χ0n) is 39.1.